The minimum atomic E-state index is -4.02. The monoisotopic (exact) mass is 325 g/mol. The molecule has 0 bridgehead atoms. The minimum absolute atomic E-state index is 0.282. The quantitative estimate of drug-likeness (QED) is 0.723. The molecule has 1 atom stereocenters. The van der Waals surface area contributed by atoms with Crippen molar-refractivity contribution in [3.05, 3.63) is 29.0 Å². The maximum atomic E-state index is 13.0. The molecule has 112 valence electrons. The Morgan fingerprint density at radius 3 is 2.60 bits per heavy atom. The van der Waals surface area contributed by atoms with Gasteiger partial charge >= 0.3 is 5.97 Å². The van der Waals surface area contributed by atoms with Crippen molar-refractivity contribution in [2.75, 3.05) is 6.54 Å². The Kier molecular flexibility index (Phi) is 5.09. The third-order valence-electron chi connectivity index (χ3n) is 2.38. The van der Waals surface area contributed by atoms with Crippen LogP contribution in [0.1, 0.15) is 13.3 Å². The van der Waals surface area contributed by atoms with Gasteiger partial charge in [0, 0.05) is 6.54 Å². The standard InChI is InChI=1S/C11H13ClFNO5S/c1-11(17,5-10(15)16)6-14-20(18,19)7-2-3-9(13)8(12)4-7/h2-4,14,17H,5-6H2,1H3,(H,15,16). The summed E-state index contributed by atoms with van der Waals surface area (Å²) in [6.45, 7) is 0.678. The molecular formula is C11H13ClFNO5S. The number of carboxylic acids is 1. The van der Waals surface area contributed by atoms with Gasteiger partial charge in [-0.05, 0) is 25.1 Å². The summed E-state index contributed by atoms with van der Waals surface area (Å²) in [5, 5.41) is 17.9. The van der Waals surface area contributed by atoms with E-state index in [1.54, 1.807) is 0 Å². The summed E-state index contributed by atoms with van der Waals surface area (Å²) < 4.78 is 38.8. The lowest BCUT2D eigenvalue weighted by molar-refractivity contribution is -0.141. The number of carboxylic acid groups (broad SMARTS) is 1. The van der Waals surface area contributed by atoms with Crippen molar-refractivity contribution in [2.45, 2.75) is 23.8 Å². The minimum Gasteiger partial charge on any atom is -0.481 e. The molecule has 9 heteroatoms. The van der Waals surface area contributed by atoms with E-state index in [2.05, 4.69) is 0 Å². The molecule has 20 heavy (non-hydrogen) atoms. The summed E-state index contributed by atoms with van der Waals surface area (Å²) in [7, 11) is -4.02. The molecule has 0 saturated heterocycles. The number of hydrogen-bond donors (Lipinski definition) is 3. The zero-order valence-electron chi connectivity index (χ0n) is 10.4. The fourth-order valence-corrected chi connectivity index (χ4v) is 2.80. The lowest BCUT2D eigenvalue weighted by atomic mass is 10.0. The third kappa shape index (κ3) is 4.71. The molecule has 1 aromatic rings. The van der Waals surface area contributed by atoms with Crippen LogP contribution in [0.2, 0.25) is 5.02 Å². The number of sulfonamides is 1. The summed E-state index contributed by atoms with van der Waals surface area (Å²) in [4.78, 5) is 10.2. The Morgan fingerprint density at radius 1 is 1.50 bits per heavy atom. The second kappa shape index (κ2) is 6.04. The topological polar surface area (TPSA) is 104 Å². The number of carbonyl (C=O) groups is 1. The van der Waals surface area contributed by atoms with Gasteiger partial charge in [0.05, 0.1) is 21.9 Å². The van der Waals surface area contributed by atoms with E-state index in [0.29, 0.717) is 0 Å². The number of rotatable bonds is 6. The van der Waals surface area contributed by atoms with Gasteiger partial charge in [-0.2, -0.15) is 0 Å². The predicted molar refractivity (Wildman–Crippen MR) is 69.5 cm³/mol. The number of halogens is 2. The van der Waals surface area contributed by atoms with Crippen LogP contribution in [0.25, 0.3) is 0 Å². The molecule has 0 heterocycles. The highest BCUT2D eigenvalue weighted by Gasteiger charge is 2.27. The highest BCUT2D eigenvalue weighted by molar-refractivity contribution is 7.89. The summed E-state index contributed by atoms with van der Waals surface area (Å²) in [5.74, 6) is -2.03. The maximum absolute atomic E-state index is 13.0. The van der Waals surface area contributed by atoms with Gasteiger partial charge in [-0.15, -0.1) is 0 Å². The lowest BCUT2D eigenvalue weighted by Crippen LogP contribution is -2.42. The molecule has 1 unspecified atom stereocenters. The lowest BCUT2D eigenvalue weighted by Gasteiger charge is -2.21. The zero-order valence-corrected chi connectivity index (χ0v) is 12.0. The molecule has 0 fully saturated rings. The Bertz CT molecular complexity index is 617. The molecule has 1 rings (SSSR count). The molecule has 0 aromatic heterocycles. The highest BCUT2D eigenvalue weighted by Crippen LogP contribution is 2.19. The first-order valence-corrected chi connectivity index (χ1v) is 7.28. The van der Waals surface area contributed by atoms with Crippen LogP contribution in [0.5, 0.6) is 0 Å². The van der Waals surface area contributed by atoms with E-state index < -0.39 is 40.4 Å². The van der Waals surface area contributed by atoms with E-state index in [0.717, 1.165) is 18.2 Å². The summed E-state index contributed by atoms with van der Waals surface area (Å²) >= 11 is 5.48. The van der Waals surface area contributed by atoms with Crippen molar-refractivity contribution in [2.24, 2.45) is 0 Å². The van der Waals surface area contributed by atoms with Crippen LogP contribution in [-0.2, 0) is 14.8 Å². The molecule has 0 aliphatic heterocycles. The van der Waals surface area contributed by atoms with Gasteiger partial charge in [0.15, 0.2) is 0 Å². The molecule has 0 spiro atoms. The Labute approximate surface area is 120 Å². The van der Waals surface area contributed by atoms with Crippen LogP contribution in [0.15, 0.2) is 23.1 Å². The van der Waals surface area contributed by atoms with Crippen molar-refractivity contribution in [3.8, 4) is 0 Å². The van der Waals surface area contributed by atoms with Crippen LogP contribution in [0.4, 0.5) is 4.39 Å². The first-order chi connectivity index (χ1) is 9.03. The highest BCUT2D eigenvalue weighted by atomic mass is 35.5. The smallest absolute Gasteiger partial charge is 0.306 e. The van der Waals surface area contributed by atoms with Gasteiger partial charge in [-0.25, -0.2) is 17.5 Å². The van der Waals surface area contributed by atoms with E-state index in [1.807, 2.05) is 4.72 Å². The fraction of sp³-hybridized carbons (Fsp3) is 0.364. The number of nitrogens with one attached hydrogen (secondary N) is 1. The van der Waals surface area contributed by atoms with Crippen LogP contribution >= 0.6 is 11.6 Å². The van der Waals surface area contributed by atoms with E-state index in [4.69, 9.17) is 16.7 Å². The van der Waals surface area contributed by atoms with Gasteiger partial charge in [0.2, 0.25) is 10.0 Å². The van der Waals surface area contributed by atoms with Crippen LogP contribution < -0.4 is 4.72 Å². The largest absolute Gasteiger partial charge is 0.481 e. The molecular weight excluding hydrogens is 313 g/mol. The Balaban J connectivity index is 2.85. The van der Waals surface area contributed by atoms with Crippen molar-refractivity contribution in [1.29, 1.82) is 0 Å². The van der Waals surface area contributed by atoms with Crippen LogP contribution in [0.3, 0.4) is 0 Å². The molecule has 0 radical (unpaired) electrons. The molecule has 0 aliphatic rings. The molecule has 0 amide bonds. The average Bonchev–Trinajstić information content (AvgIpc) is 2.29. The average molecular weight is 326 g/mol. The summed E-state index contributed by atoms with van der Waals surface area (Å²) in [6, 6.07) is 2.83. The second-order valence-corrected chi connectivity index (χ2v) is 6.64. The summed E-state index contributed by atoms with van der Waals surface area (Å²) in [6.07, 6.45) is -0.625. The van der Waals surface area contributed by atoms with Crippen molar-refractivity contribution in [3.63, 3.8) is 0 Å². The van der Waals surface area contributed by atoms with Crippen LogP contribution in [0, 0.1) is 5.82 Å². The second-order valence-electron chi connectivity index (χ2n) is 4.47. The molecule has 1 aromatic carbocycles. The Hall–Kier alpha value is -1.22. The first-order valence-electron chi connectivity index (χ1n) is 5.42. The first kappa shape index (κ1) is 16.8. The number of aliphatic carboxylic acids is 1. The third-order valence-corrected chi connectivity index (χ3v) is 4.07. The van der Waals surface area contributed by atoms with E-state index in [1.165, 1.54) is 6.92 Å². The SMILES string of the molecule is CC(O)(CNS(=O)(=O)c1ccc(F)c(Cl)c1)CC(=O)O. The number of aliphatic hydroxyl groups is 1. The van der Waals surface area contributed by atoms with Gasteiger partial charge in [-0.3, -0.25) is 4.79 Å². The van der Waals surface area contributed by atoms with Crippen molar-refractivity contribution >= 4 is 27.6 Å². The maximum Gasteiger partial charge on any atom is 0.306 e. The fourth-order valence-electron chi connectivity index (χ4n) is 1.37. The predicted octanol–water partition coefficient (Wildman–Crippen LogP) is 0.983. The van der Waals surface area contributed by atoms with Gasteiger partial charge in [0.1, 0.15) is 5.82 Å². The normalized spacial score (nSPS) is 14.8. The van der Waals surface area contributed by atoms with Gasteiger partial charge < -0.3 is 10.2 Å². The van der Waals surface area contributed by atoms with Crippen molar-refractivity contribution < 1.29 is 27.8 Å². The van der Waals surface area contributed by atoms with Gasteiger partial charge in [-0.1, -0.05) is 11.6 Å². The molecule has 3 N–H and O–H groups in total. The van der Waals surface area contributed by atoms with E-state index in [-0.39, 0.29) is 9.92 Å². The number of benzene rings is 1. The van der Waals surface area contributed by atoms with Crippen LogP contribution in [-0.4, -0.2) is 36.7 Å². The van der Waals surface area contributed by atoms with Crippen molar-refractivity contribution in [1.82, 2.24) is 4.72 Å². The van der Waals surface area contributed by atoms with Gasteiger partial charge in [0.25, 0.3) is 0 Å². The van der Waals surface area contributed by atoms with E-state index >= 15 is 0 Å². The van der Waals surface area contributed by atoms with E-state index in [9.17, 15) is 22.7 Å². The summed E-state index contributed by atoms with van der Waals surface area (Å²) in [5.41, 5.74) is -1.75. The number of hydrogen-bond acceptors (Lipinski definition) is 4. The zero-order chi connectivity index (χ0) is 15.6. The molecule has 0 saturated carbocycles. The Morgan fingerprint density at radius 2 is 2.10 bits per heavy atom. The molecule has 0 aliphatic carbocycles. The molecule has 6 nitrogen and oxygen atoms in total.